The number of hydrogen-bond donors (Lipinski definition) is 1. The molecule has 0 saturated carbocycles. The summed E-state index contributed by atoms with van der Waals surface area (Å²) in [7, 11) is 0. The van der Waals surface area contributed by atoms with Gasteiger partial charge in [-0.3, -0.25) is 0 Å². The van der Waals surface area contributed by atoms with Crippen LogP contribution in [0.5, 0.6) is 0 Å². The summed E-state index contributed by atoms with van der Waals surface area (Å²) >= 11 is 6.27. The van der Waals surface area contributed by atoms with Crippen LogP contribution in [0.3, 0.4) is 0 Å². The van der Waals surface area contributed by atoms with Crippen LogP contribution in [0, 0.1) is 5.92 Å². The first kappa shape index (κ1) is 14.5. The molecule has 1 N–H and O–H groups in total. The van der Waals surface area contributed by atoms with Crippen LogP contribution >= 0.6 is 11.6 Å². The molecule has 1 unspecified atom stereocenters. The van der Waals surface area contributed by atoms with Crippen LogP contribution in [0.25, 0.3) is 0 Å². The predicted molar refractivity (Wildman–Crippen MR) is 76.6 cm³/mol. The molecule has 0 saturated heterocycles. The van der Waals surface area contributed by atoms with Gasteiger partial charge >= 0.3 is 0 Å². The molecule has 0 spiro atoms. The van der Waals surface area contributed by atoms with Crippen LogP contribution in [0.4, 0.5) is 0 Å². The van der Waals surface area contributed by atoms with Crippen molar-refractivity contribution in [3.8, 4) is 0 Å². The molecule has 0 fully saturated rings. The van der Waals surface area contributed by atoms with Crippen LogP contribution < -0.4 is 5.32 Å². The van der Waals surface area contributed by atoms with Gasteiger partial charge in [0.05, 0.1) is 0 Å². The van der Waals surface area contributed by atoms with Crippen LogP contribution in [-0.4, -0.2) is 6.54 Å². The van der Waals surface area contributed by atoms with E-state index in [4.69, 9.17) is 11.6 Å². The third kappa shape index (κ3) is 5.10. The molecular weight excluding hydrogens is 230 g/mol. The van der Waals surface area contributed by atoms with E-state index in [1.807, 2.05) is 12.1 Å². The van der Waals surface area contributed by atoms with E-state index in [9.17, 15) is 0 Å². The molecule has 1 rings (SSSR count). The van der Waals surface area contributed by atoms with Crippen LogP contribution in [0.15, 0.2) is 24.3 Å². The predicted octanol–water partition coefficient (Wildman–Crippen LogP) is 4.82. The van der Waals surface area contributed by atoms with Gasteiger partial charge < -0.3 is 5.32 Å². The molecule has 1 aromatic carbocycles. The Hall–Kier alpha value is -0.530. The van der Waals surface area contributed by atoms with Crippen molar-refractivity contribution >= 4 is 11.6 Å². The van der Waals surface area contributed by atoms with Crippen LogP contribution in [-0.2, 0) is 0 Å². The minimum atomic E-state index is 0.394. The maximum absolute atomic E-state index is 6.27. The van der Waals surface area contributed by atoms with Crippen LogP contribution in [0.1, 0.15) is 51.6 Å². The molecule has 0 aromatic heterocycles. The molecule has 2 heteroatoms. The minimum absolute atomic E-state index is 0.394. The molecule has 96 valence electrons. The highest BCUT2D eigenvalue weighted by atomic mass is 35.5. The number of benzene rings is 1. The van der Waals surface area contributed by atoms with Gasteiger partial charge in [-0.05, 0) is 43.4 Å². The summed E-state index contributed by atoms with van der Waals surface area (Å²) in [6.45, 7) is 7.78. The first-order chi connectivity index (χ1) is 8.15. The van der Waals surface area contributed by atoms with Crippen molar-refractivity contribution in [3.63, 3.8) is 0 Å². The quantitative estimate of drug-likeness (QED) is 0.735. The van der Waals surface area contributed by atoms with E-state index in [2.05, 4.69) is 38.2 Å². The maximum Gasteiger partial charge on any atom is 0.0453 e. The topological polar surface area (TPSA) is 12.0 Å². The van der Waals surface area contributed by atoms with E-state index in [0.29, 0.717) is 6.04 Å². The molecule has 0 aliphatic rings. The van der Waals surface area contributed by atoms with Crippen molar-refractivity contribution in [2.75, 3.05) is 6.54 Å². The highest BCUT2D eigenvalue weighted by Gasteiger charge is 2.13. The van der Waals surface area contributed by atoms with E-state index in [1.54, 1.807) is 0 Å². The molecule has 0 aliphatic heterocycles. The molecule has 1 aromatic rings. The molecule has 0 aliphatic carbocycles. The third-order valence-electron chi connectivity index (χ3n) is 2.95. The maximum atomic E-state index is 6.27. The van der Waals surface area contributed by atoms with Gasteiger partial charge in [0, 0.05) is 11.1 Å². The van der Waals surface area contributed by atoms with E-state index in [0.717, 1.165) is 30.3 Å². The Morgan fingerprint density at radius 3 is 2.47 bits per heavy atom. The summed E-state index contributed by atoms with van der Waals surface area (Å²) < 4.78 is 0. The van der Waals surface area contributed by atoms with Crippen molar-refractivity contribution in [1.82, 2.24) is 5.32 Å². The molecule has 0 amide bonds. The van der Waals surface area contributed by atoms with Crippen LogP contribution in [0.2, 0.25) is 5.02 Å². The smallest absolute Gasteiger partial charge is 0.0453 e. The van der Waals surface area contributed by atoms with E-state index < -0.39 is 0 Å². The number of rotatable bonds is 7. The van der Waals surface area contributed by atoms with Gasteiger partial charge in [-0.15, -0.1) is 0 Å². The van der Waals surface area contributed by atoms with Gasteiger partial charge in [0.2, 0.25) is 0 Å². The fourth-order valence-electron chi connectivity index (χ4n) is 1.94. The Morgan fingerprint density at radius 2 is 1.88 bits per heavy atom. The summed E-state index contributed by atoms with van der Waals surface area (Å²) in [6, 6.07) is 8.57. The zero-order chi connectivity index (χ0) is 12.7. The van der Waals surface area contributed by atoms with Gasteiger partial charge in [0.15, 0.2) is 0 Å². The normalized spacial score (nSPS) is 13.0. The molecule has 0 bridgehead atoms. The van der Waals surface area contributed by atoms with E-state index >= 15 is 0 Å². The second-order valence-corrected chi connectivity index (χ2v) is 5.41. The third-order valence-corrected chi connectivity index (χ3v) is 3.30. The molecular formula is C15H24ClN. The molecule has 0 radical (unpaired) electrons. The Morgan fingerprint density at radius 1 is 1.18 bits per heavy atom. The average Bonchev–Trinajstić information content (AvgIpc) is 2.30. The van der Waals surface area contributed by atoms with E-state index in [1.165, 1.54) is 12.0 Å². The minimum Gasteiger partial charge on any atom is -0.310 e. The Kier molecular flexibility index (Phi) is 6.61. The van der Waals surface area contributed by atoms with Crippen molar-refractivity contribution in [3.05, 3.63) is 34.9 Å². The summed E-state index contributed by atoms with van der Waals surface area (Å²) in [5, 5.41) is 4.48. The van der Waals surface area contributed by atoms with Crippen molar-refractivity contribution < 1.29 is 0 Å². The Bertz CT molecular complexity index is 322. The van der Waals surface area contributed by atoms with Gasteiger partial charge in [-0.1, -0.05) is 50.6 Å². The zero-order valence-corrected chi connectivity index (χ0v) is 11.9. The van der Waals surface area contributed by atoms with Gasteiger partial charge in [0.1, 0.15) is 0 Å². The van der Waals surface area contributed by atoms with Gasteiger partial charge in [0.25, 0.3) is 0 Å². The standard InChI is InChI=1S/C15H24ClN/c1-4-11-17-15(10-9-12(2)3)13-7-5-6-8-14(13)16/h5-8,12,15,17H,4,9-11H2,1-3H3. The highest BCUT2D eigenvalue weighted by molar-refractivity contribution is 6.31. The zero-order valence-electron chi connectivity index (χ0n) is 11.2. The Balaban J connectivity index is 2.71. The fraction of sp³-hybridized carbons (Fsp3) is 0.600. The van der Waals surface area contributed by atoms with Crippen molar-refractivity contribution in [2.45, 2.75) is 46.1 Å². The lowest BCUT2D eigenvalue weighted by atomic mass is 9.97. The van der Waals surface area contributed by atoms with Crippen molar-refractivity contribution in [2.24, 2.45) is 5.92 Å². The largest absolute Gasteiger partial charge is 0.310 e. The summed E-state index contributed by atoms with van der Waals surface area (Å²) in [5.41, 5.74) is 1.24. The van der Waals surface area contributed by atoms with E-state index in [-0.39, 0.29) is 0 Å². The number of halogens is 1. The molecule has 17 heavy (non-hydrogen) atoms. The lowest BCUT2D eigenvalue weighted by Gasteiger charge is -2.21. The lowest BCUT2D eigenvalue weighted by molar-refractivity contribution is 0.441. The van der Waals surface area contributed by atoms with Gasteiger partial charge in [-0.25, -0.2) is 0 Å². The first-order valence-corrected chi connectivity index (χ1v) is 7.00. The summed E-state index contributed by atoms with van der Waals surface area (Å²) in [4.78, 5) is 0. The second-order valence-electron chi connectivity index (χ2n) is 5.00. The molecule has 0 heterocycles. The first-order valence-electron chi connectivity index (χ1n) is 6.63. The Labute approximate surface area is 111 Å². The SMILES string of the molecule is CCCNC(CCC(C)C)c1ccccc1Cl. The lowest BCUT2D eigenvalue weighted by Crippen LogP contribution is -2.22. The number of nitrogens with one attached hydrogen (secondary N) is 1. The summed E-state index contributed by atoms with van der Waals surface area (Å²) in [6.07, 6.45) is 3.54. The monoisotopic (exact) mass is 253 g/mol. The summed E-state index contributed by atoms with van der Waals surface area (Å²) in [5.74, 6) is 0.739. The number of hydrogen-bond acceptors (Lipinski definition) is 1. The van der Waals surface area contributed by atoms with Gasteiger partial charge in [-0.2, -0.15) is 0 Å². The molecule has 1 nitrogen and oxygen atoms in total. The van der Waals surface area contributed by atoms with Crippen molar-refractivity contribution in [1.29, 1.82) is 0 Å². The fourth-order valence-corrected chi connectivity index (χ4v) is 2.21. The highest BCUT2D eigenvalue weighted by Crippen LogP contribution is 2.27. The second kappa shape index (κ2) is 7.73. The average molecular weight is 254 g/mol. The molecule has 1 atom stereocenters.